The first-order valence-corrected chi connectivity index (χ1v) is 7.33. The molecule has 0 fully saturated rings. The molecule has 1 aromatic rings. The normalized spacial score (nSPS) is 12.2. The van der Waals surface area contributed by atoms with E-state index in [0.717, 1.165) is 6.07 Å². The van der Waals surface area contributed by atoms with Gasteiger partial charge in [-0.3, -0.25) is 10.1 Å². The number of nitro benzene ring substituents is 1. The van der Waals surface area contributed by atoms with Gasteiger partial charge in [0.1, 0.15) is 5.69 Å². The van der Waals surface area contributed by atoms with Gasteiger partial charge in [-0.1, -0.05) is 0 Å². The van der Waals surface area contributed by atoms with Crippen LogP contribution in [0.15, 0.2) is 23.1 Å². The zero-order chi connectivity index (χ0) is 15.6. The molecule has 0 amide bonds. The van der Waals surface area contributed by atoms with Crippen LogP contribution in [0.5, 0.6) is 0 Å². The Morgan fingerprint density at radius 3 is 2.50 bits per heavy atom. The standard InChI is InChI=1S/C11H17N3O5S/c1-11(2,15)5-6-13-9-4-3-8(20(12,18)19)7-10(9)14(16)17/h3-4,7,13,15H,5-6H2,1-2H3,(H2,12,18,19). The molecule has 0 atom stereocenters. The van der Waals surface area contributed by atoms with Gasteiger partial charge < -0.3 is 10.4 Å². The Hall–Kier alpha value is -1.71. The van der Waals surface area contributed by atoms with Crippen molar-refractivity contribution in [3.05, 3.63) is 28.3 Å². The molecule has 0 aliphatic heterocycles. The average Bonchev–Trinajstić information content (AvgIpc) is 2.25. The van der Waals surface area contributed by atoms with Crippen LogP contribution < -0.4 is 10.5 Å². The van der Waals surface area contributed by atoms with Crippen molar-refractivity contribution in [2.75, 3.05) is 11.9 Å². The van der Waals surface area contributed by atoms with Gasteiger partial charge in [0.25, 0.3) is 5.69 Å². The second-order valence-corrected chi connectivity index (χ2v) is 6.53. The van der Waals surface area contributed by atoms with Crippen molar-refractivity contribution in [1.29, 1.82) is 0 Å². The van der Waals surface area contributed by atoms with E-state index >= 15 is 0 Å². The number of nitrogens with two attached hydrogens (primary N) is 1. The van der Waals surface area contributed by atoms with Gasteiger partial charge in [-0.15, -0.1) is 0 Å². The fraction of sp³-hybridized carbons (Fsp3) is 0.455. The van der Waals surface area contributed by atoms with E-state index in [-0.39, 0.29) is 16.3 Å². The Bertz CT molecular complexity index is 607. The summed E-state index contributed by atoms with van der Waals surface area (Å²) in [4.78, 5) is 9.93. The van der Waals surface area contributed by atoms with Crippen LogP contribution in [-0.2, 0) is 10.0 Å². The summed E-state index contributed by atoms with van der Waals surface area (Å²) in [6, 6.07) is 3.37. The van der Waals surface area contributed by atoms with Crippen LogP contribution in [0.25, 0.3) is 0 Å². The number of nitrogens with one attached hydrogen (secondary N) is 1. The summed E-state index contributed by atoms with van der Waals surface area (Å²) in [5.74, 6) is 0. The first-order chi connectivity index (χ1) is 9.00. The Balaban J connectivity index is 3.00. The highest BCUT2D eigenvalue weighted by molar-refractivity contribution is 7.89. The molecule has 8 nitrogen and oxygen atoms in total. The van der Waals surface area contributed by atoms with Crippen molar-refractivity contribution in [3.63, 3.8) is 0 Å². The lowest BCUT2D eigenvalue weighted by Crippen LogP contribution is -2.22. The minimum Gasteiger partial charge on any atom is -0.390 e. The fourth-order valence-corrected chi connectivity index (χ4v) is 2.03. The first kappa shape index (κ1) is 16.3. The van der Waals surface area contributed by atoms with E-state index in [1.165, 1.54) is 12.1 Å². The van der Waals surface area contributed by atoms with Crippen LogP contribution in [0.3, 0.4) is 0 Å². The summed E-state index contributed by atoms with van der Waals surface area (Å²) in [5.41, 5.74) is -1.11. The zero-order valence-corrected chi connectivity index (χ0v) is 12.0. The summed E-state index contributed by atoms with van der Waals surface area (Å²) in [5, 5.41) is 28.2. The lowest BCUT2D eigenvalue weighted by molar-refractivity contribution is -0.384. The van der Waals surface area contributed by atoms with Gasteiger partial charge in [0.2, 0.25) is 10.0 Å². The number of hydrogen-bond donors (Lipinski definition) is 3. The number of sulfonamides is 1. The third kappa shape index (κ3) is 4.76. The maximum Gasteiger partial charge on any atom is 0.293 e. The zero-order valence-electron chi connectivity index (χ0n) is 11.2. The molecule has 1 aromatic carbocycles. The van der Waals surface area contributed by atoms with Gasteiger partial charge in [0.05, 0.1) is 15.4 Å². The Kier molecular flexibility index (Phi) is 4.69. The van der Waals surface area contributed by atoms with E-state index in [2.05, 4.69) is 5.32 Å². The van der Waals surface area contributed by atoms with Crippen LogP contribution in [0.4, 0.5) is 11.4 Å². The minimum atomic E-state index is -3.99. The summed E-state index contributed by atoms with van der Waals surface area (Å²) in [6.07, 6.45) is 0.376. The number of nitro groups is 1. The van der Waals surface area contributed by atoms with Gasteiger partial charge in [0.15, 0.2) is 0 Å². The monoisotopic (exact) mass is 303 g/mol. The molecular weight excluding hydrogens is 286 g/mol. The van der Waals surface area contributed by atoms with Crippen molar-refractivity contribution in [2.24, 2.45) is 5.14 Å². The topological polar surface area (TPSA) is 136 Å². The third-order valence-electron chi connectivity index (χ3n) is 2.55. The van der Waals surface area contributed by atoms with E-state index < -0.39 is 20.5 Å². The molecule has 0 aliphatic carbocycles. The van der Waals surface area contributed by atoms with Gasteiger partial charge in [-0.25, -0.2) is 13.6 Å². The van der Waals surface area contributed by atoms with Crippen molar-refractivity contribution in [2.45, 2.75) is 30.8 Å². The molecule has 0 unspecified atom stereocenters. The predicted molar refractivity (Wildman–Crippen MR) is 73.9 cm³/mol. The molecule has 1 rings (SSSR count). The SMILES string of the molecule is CC(C)(O)CCNc1ccc(S(N)(=O)=O)cc1[N+](=O)[O-]. The molecular formula is C11H17N3O5S. The highest BCUT2D eigenvalue weighted by atomic mass is 32.2. The maximum atomic E-state index is 11.2. The number of anilines is 1. The molecule has 4 N–H and O–H groups in total. The quantitative estimate of drug-likeness (QED) is 0.525. The maximum absolute atomic E-state index is 11.2. The highest BCUT2D eigenvalue weighted by Gasteiger charge is 2.19. The number of primary sulfonamides is 1. The van der Waals surface area contributed by atoms with E-state index in [9.17, 15) is 23.6 Å². The molecule has 0 aromatic heterocycles. The van der Waals surface area contributed by atoms with Crippen LogP contribution in [0.1, 0.15) is 20.3 Å². The summed E-state index contributed by atoms with van der Waals surface area (Å²) in [6.45, 7) is 3.54. The smallest absolute Gasteiger partial charge is 0.293 e. The molecule has 0 spiro atoms. The molecule has 0 saturated heterocycles. The summed E-state index contributed by atoms with van der Waals surface area (Å²) >= 11 is 0. The Morgan fingerprint density at radius 1 is 1.45 bits per heavy atom. The van der Waals surface area contributed by atoms with Crippen molar-refractivity contribution in [3.8, 4) is 0 Å². The Morgan fingerprint density at radius 2 is 2.05 bits per heavy atom. The molecule has 0 bridgehead atoms. The number of aliphatic hydroxyl groups is 1. The Labute approximate surface area is 116 Å². The predicted octanol–water partition coefficient (Wildman–Crippen LogP) is 0.815. The molecule has 20 heavy (non-hydrogen) atoms. The van der Waals surface area contributed by atoms with Gasteiger partial charge in [-0.05, 0) is 32.4 Å². The lowest BCUT2D eigenvalue weighted by Gasteiger charge is -2.17. The molecule has 0 aliphatic rings. The number of hydrogen-bond acceptors (Lipinski definition) is 6. The van der Waals surface area contributed by atoms with Crippen molar-refractivity contribution in [1.82, 2.24) is 0 Å². The average molecular weight is 303 g/mol. The van der Waals surface area contributed by atoms with Crippen molar-refractivity contribution < 1.29 is 18.4 Å². The fourth-order valence-electron chi connectivity index (χ4n) is 1.49. The summed E-state index contributed by atoms with van der Waals surface area (Å²) in [7, 11) is -3.99. The second-order valence-electron chi connectivity index (χ2n) is 4.97. The molecule has 0 saturated carbocycles. The molecule has 0 heterocycles. The minimum absolute atomic E-state index is 0.173. The lowest BCUT2D eigenvalue weighted by atomic mass is 10.1. The van der Waals surface area contributed by atoms with Crippen LogP contribution in [0.2, 0.25) is 0 Å². The van der Waals surface area contributed by atoms with E-state index in [1.807, 2.05) is 0 Å². The third-order valence-corrected chi connectivity index (χ3v) is 3.46. The number of nitrogens with zero attached hydrogens (tertiary/aromatic N) is 1. The van der Waals surface area contributed by atoms with Crippen molar-refractivity contribution >= 4 is 21.4 Å². The largest absolute Gasteiger partial charge is 0.390 e. The number of rotatable bonds is 6. The highest BCUT2D eigenvalue weighted by Crippen LogP contribution is 2.27. The number of benzene rings is 1. The van der Waals surface area contributed by atoms with Gasteiger partial charge in [-0.2, -0.15) is 0 Å². The summed E-state index contributed by atoms with van der Waals surface area (Å²) < 4.78 is 22.3. The van der Waals surface area contributed by atoms with Gasteiger partial charge >= 0.3 is 0 Å². The van der Waals surface area contributed by atoms with E-state index in [0.29, 0.717) is 13.0 Å². The van der Waals surface area contributed by atoms with E-state index in [4.69, 9.17) is 5.14 Å². The second kappa shape index (κ2) is 5.73. The van der Waals surface area contributed by atoms with Crippen LogP contribution in [0, 0.1) is 10.1 Å². The van der Waals surface area contributed by atoms with Crippen LogP contribution >= 0.6 is 0 Å². The van der Waals surface area contributed by atoms with E-state index in [1.54, 1.807) is 13.8 Å². The molecule has 0 radical (unpaired) electrons. The molecule has 112 valence electrons. The van der Waals surface area contributed by atoms with Gasteiger partial charge in [0, 0.05) is 12.6 Å². The first-order valence-electron chi connectivity index (χ1n) is 5.78. The molecule has 9 heteroatoms. The van der Waals surface area contributed by atoms with Crippen LogP contribution in [-0.4, -0.2) is 30.6 Å².